The second-order valence-electron chi connectivity index (χ2n) is 9.30. The van der Waals surface area contributed by atoms with E-state index in [0.29, 0.717) is 31.2 Å². The third-order valence-corrected chi connectivity index (χ3v) is 6.99. The molecule has 0 saturated heterocycles. The largest absolute Gasteiger partial charge is 0.383 e. The second-order valence-corrected chi connectivity index (χ2v) is 9.30. The molecule has 0 aromatic heterocycles. The molecule has 0 bridgehead atoms. The summed E-state index contributed by atoms with van der Waals surface area (Å²) < 4.78 is 95.2. The first-order valence-electron chi connectivity index (χ1n) is 11.8. The second kappa shape index (κ2) is 10.3. The molecule has 0 aliphatic heterocycles. The van der Waals surface area contributed by atoms with Crippen molar-refractivity contribution in [2.45, 2.75) is 81.7 Å². The van der Waals surface area contributed by atoms with Gasteiger partial charge < -0.3 is 9.47 Å². The van der Waals surface area contributed by atoms with E-state index in [4.69, 9.17) is 9.47 Å². The lowest BCUT2D eigenvalue weighted by Crippen LogP contribution is -2.40. The van der Waals surface area contributed by atoms with Crippen LogP contribution in [-0.2, 0) is 15.6 Å². The lowest BCUT2D eigenvalue weighted by Gasteiger charge is -2.37. The number of benzene rings is 2. The lowest BCUT2D eigenvalue weighted by atomic mass is 9.82. The smallest absolute Gasteiger partial charge is 0.317 e. The van der Waals surface area contributed by atoms with Gasteiger partial charge in [-0.3, -0.25) is 0 Å². The molecule has 0 unspecified atom stereocenters. The van der Waals surface area contributed by atoms with E-state index in [9.17, 15) is 26.3 Å². The van der Waals surface area contributed by atoms with Gasteiger partial charge in [-0.2, -0.15) is 17.6 Å². The van der Waals surface area contributed by atoms with Crippen molar-refractivity contribution < 1.29 is 35.8 Å². The van der Waals surface area contributed by atoms with Crippen molar-refractivity contribution in [2.24, 2.45) is 5.92 Å². The minimum absolute atomic E-state index is 0.0255. The van der Waals surface area contributed by atoms with Crippen LogP contribution in [0.4, 0.5) is 26.3 Å². The lowest BCUT2D eigenvalue weighted by molar-refractivity contribution is -0.311. The van der Waals surface area contributed by atoms with Gasteiger partial charge in [0.05, 0.1) is 23.7 Å². The summed E-state index contributed by atoms with van der Waals surface area (Å²) in [5.74, 6) is -2.91. The van der Waals surface area contributed by atoms with Crippen molar-refractivity contribution >= 4 is 0 Å². The molecular formula is C26H28F6O2. The van der Waals surface area contributed by atoms with Crippen LogP contribution in [-0.4, -0.2) is 18.3 Å². The first-order chi connectivity index (χ1) is 16.1. The van der Waals surface area contributed by atoms with Crippen molar-refractivity contribution in [3.63, 3.8) is 0 Å². The fraction of sp³-hybridized carbons (Fsp3) is 0.538. The maximum Gasteiger partial charge on any atom is 0.383 e. The van der Waals surface area contributed by atoms with E-state index in [2.05, 4.69) is 0 Å². The Bertz CT molecular complexity index is 936. The topological polar surface area (TPSA) is 18.5 Å². The zero-order valence-electron chi connectivity index (χ0n) is 18.7. The van der Waals surface area contributed by atoms with E-state index in [1.54, 1.807) is 6.07 Å². The van der Waals surface area contributed by atoms with Crippen molar-refractivity contribution in [2.75, 3.05) is 0 Å². The Balaban J connectivity index is 1.25. The summed E-state index contributed by atoms with van der Waals surface area (Å²) in [6, 6.07) is 10.9. The summed E-state index contributed by atoms with van der Waals surface area (Å²) >= 11 is 0. The average Bonchev–Trinajstić information content (AvgIpc) is 2.82. The van der Waals surface area contributed by atoms with Crippen molar-refractivity contribution in [3.8, 4) is 0 Å². The summed E-state index contributed by atoms with van der Waals surface area (Å²) in [5.41, 5.74) is 0.402. The molecule has 186 valence electrons. The molecule has 34 heavy (non-hydrogen) atoms. The summed E-state index contributed by atoms with van der Waals surface area (Å²) in [7, 11) is 0. The molecule has 2 saturated carbocycles. The first kappa shape index (κ1) is 25.0. The van der Waals surface area contributed by atoms with Crippen LogP contribution in [0.2, 0.25) is 0 Å². The minimum atomic E-state index is -3.47. The van der Waals surface area contributed by atoms with E-state index < -0.39 is 42.0 Å². The molecule has 0 N–H and O–H groups in total. The van der Waals surface area contributed by atoms with E-state index in [1.165, 1.54) is 30.3 Å². The van der Waals surface area contributed by atoms with E-state index in [0.717, 1.165) is 12.1 Å². The van der Waals surface area contributed by atoms with Crippen LogP contribution in [0.3, 0.4) is 0 Å². The molecule has 0 atom stereocenters. The number of alkyl halides is 4. The predicted molar refractivity (Wildman–Crippen MR) is 115 cm³/mol. The van der Waals surface area contributed by atoms with E-state index in [1.807, 2.05) is 0 Å². The van der Waals surface area contributed by atoms with Gasteiger partial charge in [0.2, 0.25) is 0 Å². The molecule has 2 aliphatic carbocycles. The van der Waals surface area contributed by atoms with Crippen LogP contribution >= 0.6 is 0 Å². The molecule has 2 aromatic carbocycles. The normalized spacial score (nSPS) is 26.4. The van der Waals surface area contributed by atoms with Crippen LogP contribution in [0.15, 0.2) is 48.5 Å². The standard InChI is InChI=1S/C26H28F6O2/c27-23-15-8-18(16-24(23)28)17-6-11-21(12-7-17)33-26(31,32)20-9-13-22(14-10-20)34-25(29,30)19-4-2-1-3-5-19/h1-5,8,15-17,20-22H,6-7,9-14H2. The molecule has 2 aromatic rings. The number of hydrogen-bond donors (Lipinski definition) is 0. The molecule has 0 heterocycles. The Morgan fingerprint density at radius 2 is 1.24 bits per heavy atom. The van der Waals surface area contributed by atoms with Gasteiger partial charge in [-0.05, 0) is 75.0 Å². The Morgan fingerprint density at radius 3 is 1.85 bits per heavy atom. The van der Waals surface area contributed by atoms with E-state index in [-0.39, 0.29) is 37.2 Å². The highest BCUT2D eigenvalue weighted by Crippen LogP contribution is 2.43. The number of rotatable bonds is 7. The molecular weight excluding hydrogens is 458 g/mol. The summed E-state index contributed by atoms with van der Waals surface area (Å²) in [6.07, 6.45) is -6.11. The van der Waals surface area contributed by atoms with Crippen molar-refractivity contribution in [3.05, 3.63) is 71.3 Å². The highest BCUT2D eigenvalue weighted by molar-refractivity contribution is 5.22. The third kappa shape index (κ3) is 5.95. The zero-order chi connectivity index (χ0) is 24.3. The fourth-order valence-corrected chi connectivity index (χ4v) is 5.03. The Labute approximate surface area is 195 Å². The number of halogens is 6. The van der Waals surface area contributed by atoms with Crippen molar-refractivity contribution in [1.29, 1.82) is 0 Å². The van der Waals surface area contributed by atoms with Gasteiger partial charge in [-0.15, -0.1) is 0 Å². The van der Waals surface area contributed by atoms with Gasteiger partial charge in [0.25, 0.3) is 0 Å². The monoisotopic (exact) mass is 486 g/mol. The maximum atomic E-state index is 14.8. The van der Waals surface area contributed by atoms with Crippen LogP contribution in [0, 0.1) is 17.6 Å². The highest BCUT2D eigenvalue weighted by atomic mass is 19.3. The molecule has 2 fully saturated rings. The fourth-order valence-electron chi connectivity index (χ4n) is 5.03. The summed E-state index contributed by atoms with van der Waals surface area (Å²) in [6.45, 7) is 0. The Morgan fingerprint density at radius 1 is 0.647 bits per heavy atom. The van der Waals surface area contributed by atoms with Gasteiger partial charge in [0, 0.05) is 0 Å². The highest BCUT2D eigenvalue weighted by Gasteiger charge is 2.46. The quantitative estimate of drug-likeness (QED) is 0.370. The van der Waals surface area contributed by atoms with Gasteiger partial charge in [0.1, 0.15) is 0 Å². The van der Waals surface area contributed by atoms with Gasteiger partial charge in [-0.25, -0.2) is 8.78 Å². The summed E-state index contributed by atoms with van der Waals surface area (Å²) in [5, 5.41) is 0. The Hall–Kier alpha value is -2.06. The molecule has 4 rings (SSSR count). The maximum absolute atomic E-state index is 14.8. The number of hydrogen-bond acceptors (Lipinski definition) is 2. The SMILES string of the molecule is Fc1ccc(C2CCC(OC(F)(F)C3CCC(OC(F)(F)c4ccccc4)CC3)CC2)cc1F. The Kier molecular flexibility index (Phi) is 7.57. The zero-order valence-corrected chi connectivity index (χ0v) is 18.7. The van der Waals surface area contributed by atoms with E-state index >= 15 is 0 Å². The summed E-state index contributed by atoms with van der Waals surface area (Å²) in [4.78, 5) is 0. The van der Waals surface area contributed by atoms with Crippen LogP contribution < -0.4 is 0 Å². The van der Waals surface area contributed by atoms with Gasteiger partial charge in [0.15, 0.2) is 11.6 Å². The predicted octanol–water partition coefficient (Wildman–Crippen LogP) is 7.93. The van der Waals surface area contributed by atoms with Crippen LogP contribution in [0.1, 0.15) is 68.4 Å². The minimum Gasteiger partial charge on any atom is -0.317 e. The molecule has 0 amide bonds. The van der Waals surface area contributed by atoms with Crippen molar-refractivity contribution in [1.82, 2.24) is 0 Å². The van der Waals surface area contributed by atoms with Gasteiger partial charge in [-0.1, -0.05) is 36.4 Å². The van der Waals surface area contributed by atoms with Crippen LogP contribution in [0.25, 0.3) is 0 Å². The third-order valence-electron chi connectivity index (χ3n) is 6.99. The molecule has 0 radical (unpaired) electrons. The van der Waals surface area contributed by atoms with Crippen LogP contribution in [0.5, 0.6) is 0 Å². The molecule has 0 spiro atoms. The molecule has 2 nitrogen and oxygen atoms in total. The van der Waals surface area contributed by atoms with Gasteiger partial charge >= 0.3 is 12.2 Å². The average molecular weight is 486 g/mol. The molecule has 8 heteroatoms. The first-order valence-corrected chi connectivity index (χ1v) is 11.8. The number of ether oxygens (including phenoxy) is 2. The molecule has 2 aliphatic rings.